The standard InChI is InChI=1S/C27H36FN7O4/c1-27(2,3)39-26(36)34-8-4-5-20(18-34)30-22-15-24(38-14-11-33-9-12-37-13-10-33)32-25(31-22)21-16-29-23-7-6-19(28)17-35(21)23/h6-7,15-17,20H,4-5,8-14,18H2,1-3H3,(H,30,31,32)/t20-/m1/s1. The Kier molecular flexibility index (Phi) is 8.12. The predicted molar refractivity (Wildman–Crippen MR) is 143 cm³/mol. The maximum atomic E-state index is 14.0. The molecule has 2 aliphatic heterocycles. The van der Waals surface area contributed by atoms with Crippen LogP contribution in [0, 0.1) is 5.82 Å². The Balaban J connectivity index is 1.36. The summed E-state index contributed by atoms with van der Waals surface area (Å²) < 4.78 is 32.7. The molecule has 0 radical (unpaired) electrons. The van der Waals surface area contributed by atoms with E-state index >= 15 is 0 Å². The van der Waals surface area contributed by atoms with E-state index in [0.717, 1.165) is 45.7 Å². The molecule has 0 unspecified atom stereocenters. The number of hydrogen-bond acceptors (Lipinski definition) is 9. The van der Waals surface area contributed by atoms with Gasteiger partial charge in [0.1, 0.15) is 35.2 Å². The van der Waals surface area contributed by atoms with E-state index in [-0.39, 0.29) is 18.0 Å². The molecule has 2 aliphatic rings. The van der Waals surface area contributed by atoms with Gasteiger partial charge in [-0.05, 0) is 45.7 Å². The number of pyridine rings is 1. The van der Waals surface area contributed by atoms with Crippen molar-refractivity contribution < 1.29 is 23.4 Å². The summed E-state index contributed by atoms with van der Waals surface area (Å²) in [7, 11) is 0. The fraction of sp³-hybridized carbons (Fsp3) is 0.556. The summed E-state index contributed by atoms with van der Waals surface area (Å²) in [5.41, 5.74) is 0.577. The number of nitrogens with zero attached hydrogens (tertiary/aromatic N) is 6. The third kappa shape index (κ3) is 7.12. The molecule has 3 aromatic rings. The van der Waals surface area contributed by atoms with Crippen molar-refractivity contribution in [2.75, 3.05) is 57.9 Å². The maximum absolute atomic E-state index is 14.0. The zero-order chi connectivity index (χ0) is 27.4. The summed E-state index contributed by atoms with van der Waals surface area (Å²) in [5.74, 6) is 0.937. The van der Waals surface area contributed by atoms with Crippen molar-refractivity contribution in [1.29, 1.82) is 0 Å². The molecule has 0 bridgehead atoms. The van der Waals surface area contributed by atoms with Gasteiger partial charge in [0.2, 0.25) is 5.88 Å². The van der Waals surface area contributed by atoms with Crippen LogP contribution >= 0.6 is 0 Å². The molecule has 1 amide bonds. The summed E-state index contributed by atoms with van der Waals surface area (Å²) in [4.78, 5) is 30.4. The molecule has 0 spiro atoms. The number of amides is 1. The van der Waals surface area contributed by atoms with Crippen LogP contribution in [-0.4, -0.2) is 99.4 Å². The van der Waals surface area contributed by atoms with E-state index in [2.05, 4.69) is 20.2 Å². The van der Waals surface area contributed by atoms with E-state index in [0.29, 0.717) is 48.6 Å². The Bertz CT molecular complexity index is 1290. The number of aromatic nitrogens is 4. The van der Waals surface area contributed by atoms with Crippen LogP contribution in [0.25, 0.3) is 17.2 Å². The van der Waals surface area contributed by atoms with Crippen LogP contribution in [0.4, 0.5) is 15.0 Å². The number of hydrogen-bond donors (Lipinski definition) is 1. The van der Waals surface area contributed by atoms with E-state index < -0.39 is 5.60 Å². The Morgan fingerprint density at radius 2 is 2.03 bits per heavy atom. The molecule has 1 atom stereocenters. The van der Waals surface area contributed by atoms with Gasteiger partial charge in [-0.1, -0.05) is 0 Å². The molecular formula is C27H36FN7O4. The molecule has 0 aliphatic carbocycles. The van der Waals surface area contributed by atoms with Crippen molar-refractivity contribution in [2.24, 2.45) is 0 Å². The van der Waals surface area contributed by atoms with Crippen molar-refractivity contribution in [3.63, 3.8) is 0 Å². The maximum Gasteiger partial charge on any atom is 0.410 e. The van der Waals surface area contributed by atoms with Crippen molar-refractivity contribution in [3.8, 4) is 17.4 Å². The number of halogens is 1. The van der Waals surface area contributed by atoms with Crippen LogP contribution in [0.3, 0.4) is 0 Å². The second-order valence-electron chi connectivity index (χ2n) is 10.8. The van der Waals surface area contributed by atoms with E-state index in [9.17, 15) is 9.18 Å². The van der Waals surface area contributed by atoms with Gasteiger partial charge in [-0.15, -0.1) is 0 Å². The number of piperidine rings is 1. The summed E-state index contributed by atoms with van der Waals surface area (Å²) in [6.45, 7) is 11.1. The third-order valence-corrected chi connectivity index (χ3v) is 6.59. The Morgan fingerprint density at radius 1 is 1.21 bits per heavy atom. The largest absolute Gasteiger partial charge is 0.476 e. The third-order valence-electron chi connectivity index (χ3n) is 6.59. The first-order valence-electron chi connectivity index (χ1n) is 13.4. The summed E-state index contributed by atoms with van der Waals surface area (Å²) in [6, 6.07) is 4.70. The molecule has 39 heavy (non-hydrogen) atoms. The molecule has 0 aromatic carbocycles. The molecule has 11 nitrogen and oxygen atoms in total. The molecule has 3 aromatic heterocycles. The van der Waals surface area contributed by atoms with Crippen LogP contribution in [0.5, 0.6) is 5.88 Å². The number of anilines is 1. The minimum Gasteiger partial charge on any atom is -0.476 e. The van der Waals surface area contributed by atoms with Gasteiger partial charge in [-0.3, -0.25) is 9.30 Å². The highest BCUT2D eigenvalue weighted by atomic mass is 19.1. The smallest absolute Gasteiger partial charge is 0.410 e. The van der Waals surface area contributed by atoms with E-state index in [1.54, 1.807) is 27.6 Å². The van der Waals surface area contributed by atoms with E-state index in [1.807, 2.05) is 20.8 Å². The summed E-state index contributed by atoms with van der Waals surface area (Å²) >= 11 is 0. The lowest BCUT2D eigenvalue weighted by Crippen LogP contribution is -2.47. The highest BCUT2D eigenvalue weighted by Gasteiger charge is 2.28. The van der Waals surface area contributed by atoms with Crippen LogP contribution in [0.15, 0.2) is 30.6 Å². The zero-order valence-electron chi connectivity index (χ0n) is 22.7. The molecule has 5 heterocycles. The normalized spacial score (nSPS) is 18.8. The number of carbonyl (C=O) groups excluding carboxylic acids is 1. The van der Waals surface area contributed by atoms with Gasteiger partial charge in [-0.25, -0.2) is 19.2 Å². The first-order valence-corrected chi connectivity index (χ1v) is 13.4. The molecule has 1 N–H and O–H groups in total. The topological polar surface area (TPSA) is 106 Å². The van der Waals surface area contributed by atoms with Gasteiger partial charge >= 0.3 is 6.09 Å². The highest BCUT2D eigenvalue weighted by Crippen LogP contribution is 2.25. The monoisotopic (exact) mass is 541 g/mol. The van der Waals surface area contributed by atoms with Crippen molar-refractivity contribution in [1.82, 2.24) is 29.2 Å². The summed E-state index contributed by atoms with van der Waals surface area (Å²) in [6.07, 6.45) is 4.37. The Labute approximate surface area is 227 Å². The lowest BCUT2D eigenvalue weighted by Gasteiger charge is -2.34. The first kappa shape index (κ1) is 27.1. The minimum atomic E-state index is -0.556. The minimum absolute atomic E-state index is 0.0325. The molecule has 12 heteroatoms. The molecule has 5 rings (SSSR count). The van der Waals surface area contributed by atoms with Crippen LogP contribution in [0.2, 0.25) is 0 Å². The Hall–Kier alpha value is -3.51. The lowest BCUT2D eigenvalue weighted by atomic mass is 10.1. The van der Waals surface area contributed by atoms with E-state index in [1.165, 1.54) is 12.3 Å². The van der Waals surface area contributed by atoms with Crippen molar-refractivity contribution in [3.05, 3.63) is 36.4 Å². The van der Waals surface area contributed by atoms with Crippen LogP contribution < -0.4 is 10.1 Å². The van der Waals surface area contributed by atoms with Gasteiger partial charge < -0.3 is 24.4 Å². The quantitative estimate of drug-likeness (QED) is 0.481. The van der Waals surface area contributed by atoms with E-state index in [4.69, 9.17) is 19.2 Å². The molecule has 210 valence electrons. The van der Waals surface area contributed by atoms with Gasteiger partial charge in [-0.2, -0.15) is 4.98 Å². The number of nitrogens with one attached hydrogen (secondary N) is 1. The number of carbonyl (C=O) groups is 1. The van der Waals surface area contributed by atoms with Gasteiger partial charge in [0.05, 0.1) is 19.4 Å². The molecular weight excluding hydrogens is 505 g/mol. The predicted octanol–water partition coefficient (Wildman–Crippen LogP) is 3.45. The van der Waals surface area contributed by atoms with Crippen LogP contribution in [-0.2, 0) is 9.47 Å². The summed E-state index contributed by atoms with van der Waals surface area (Å²) in [5, 5.41) is 3.46. The zero-order valence-corrected chi connectivity index (χ0v) is 22.7. The second kappa shape index (κ2) is 11.7. The average Bonchev–Trinajstić information content (AvgIpc) is 3.31. The molecule has 2 saturated heterocycles. The molecule has 0 saturated carbocycles. The lowest BCUT2D eigenvalue weighted by molar-refractivity contribution is 0.0206. The average molecular weight is 542 g/mol. The number of ether oxygens (including phenoxy) is 3. The fourth-order valence-corrected chi connectivity index (χ4v) is 4.71. The van der Waals surface area contributed by atoms with Crippen LogP contribution in [0.1, 0.15) is 33.6 Å². The SMILES string of the molecule is CC(C)(C)OC(=O)N1CCC[C@@H](Nc2cc(OCCN3CCOCC3)nc(-c3cnc4ccc(F)cn34)n2)C1. The molecule has 2 fully saturated rings. The van der Waals surface area contributed by atoms with Gasteiger partial charge in [0.25, 0.3) is 0 Å². The highest BCUT2D eigenvalue weighted by molar-refractivity contribution is 5.68. The van der Waals surface area contributed by atoms with Crippen molar-refractivity contribution in [2.45, 2.75) is 45.3 Å². The van der Waals surface area contributed by atoms with Gasteiger partial charge in [0, 0.05) is 51.0 Å². The fourth-order valence-electron chi connectivity index (χ4n) is 4.71. The second-order valence-corrected chi connectivity index (χ2v) is 10.8. The first-order chi connectivity index (χ1) is 18.7. The Morgan fingerprint density at radius 3 is 2.82 bits per heavy atom. The number of imidazole rings is 1. The number of fused-ring (bicyclic) bond motifs is 1. The number of morpholine rings is 1. The van der Waals surface area contributed by atoms with Crippen molar-refractivity contribution >= 4 is 17.6 Å². The number of rotatable bonds is 7. The van der Waals surface area contributed by atoms with Gasteiger partial charge in [0.15, 0.2) is 5.82 Å². The number of likely N-dealkylation sites (tertiary alicyclic amines) is 1.